The molecule has 0 N–H and O–H groups in total. The zero-order valence-corrected chi connectivity index (χ0v) is 13.4. The van der Waals surface area contributed by atoms with Gasteiger partial charge >= 0.3 is 6.18 Å². The van der Waals surface area contributed by atoms with Crippen LogP contribution in [0.15, 0.2) is 24.3 Å². The summed E-state index contributed by atoms with van der Waals surface area (Å²) in [7, 11) is 0. The summed E-state index contributed by atoms with van der Waals surface area (Å²) in [4.78, 5) is 27.2. The lowest BCUT2D eigenvalue weighted by Gasteiger charge is -2.35. The van der Waals surface area contributed by atoms with Crippen molar-refractivity contribution in [1.82, 2.24) is 9.80 Å². The molecule has 1 aliphatic heterocycles. The highest BCUT2D eigenvalue weighted by Crippen LogP contribution is 2.15. The summed E-state index contributed by atoms with van der Waals surface area (Å²) in [5.41, 5.74) is 0.236. The van der Waals surface area contributed by atoms with E-state index in [9.17, 15) is 27.2 Å². The molecule has 1 heterocycles. The van der Waals surface area contributed by atoms with Gasteiger partial charge in [0.25, 0.3) is 5.91 Å². The van der Waals surface area contributed by atoms with Crippen molar-refractivity contribution in [3.05, 3.63) is 35.6 Å². The van der Waals surface area contributed by atoms with E-state index in [4.69, 9.17) is 0 Å². The molecule has 0 aliphatic carbocycles. The van der Waals surface area contributed by atoms with Gasteiger partial charge < -0.3 is 14.5 Å². The van der Waals surface area contributed by atoms with E-state index in [1.807, 2.05) is 0 Å². The third kappa shape index (κ3) is 6.00. The largest absolute Gasteiger partial charge is 0.411 e. The van der Waals surface area contributed by atoms with Crippen molar-refractivity contribution >= 4 is 11.8 Å². The summed E-state index contributed by atoms with van der Waals surface area (Å²) in [6.07, 6.45) is -4.56. The maximum Gasteiger partial charge on any atom is 0.411 e. The first-order valence-electron chi connectivity index (χ1n) is 7.73. The summed E-state index contributed by atoms with van der Waals surface area (Å²) in [5.74, 6) is -1.14. The predicted molar refractivity (Wildman–Crippen MR) is 80.4 cm³/mol. The molecule has 138 valence electrons. The monoisotopic (exact) mass is 362 g/mol. The molecular weight excluding hydrogens is 344 g/mol. The number of alkyl halides is 3. The molecule has 2 amide bonds. The first-order valence-corrected chi connectivity index (χ1v) is 7.73. The van der Waals surface area contributed by atoms with Crippen molar-refractivity contribution in [2.45, 2.75) is 12.6 Å². The molecule has 0 bridgehead atoms. The quantitative estimate of drug-likeness (QED) is 0.595. The molecule has 1 aromatic carbocycles. The van der Waals surface area contributed by atoms with E-state index in [1.54, 1.807) is 0 Å². The molecule has 1 aromatic rings. The molecule has 1 aliphatic rings. The highest BCUT2D eigenvalue weighted by molar-refractivity contribution is 5.94. The molecule has 25 heavy (non-hydrogen) atoms. The molecule has 0 spiro atoms. The van der Waals surface area contributed by atoms with Gasteiger partial charge in [0.1, 0.15) is 12.4 Å². The van der Waals surface area contributed by atoms with Crippen LogP contribution in [0.2, 0.25) is 0 Å². The SMILES string of the molecule is O=C(CCOCC(F)(F)F)N1CCN(C(=O)c2cccc(F)c2)CC1. The smallest absolute Gasteiger partial charge is 0.372 e. The summed E-state index contributed by atoms with van der Waals surface area (Å²) < 4.78 is 53.4. The average Bonchev–Trinajstić information content (AvgIpc) is 2.57. The normalized spacial score (nSPS) is 15.4. The molecule has 0 unspecified atom stereocenters. The van der Waals surface area contributed by atoms with Gasteiger partial charge in [0.15, 0.2) is 0 Å². The van der Waals surface area contributed by atoms with E-state index < -0.39 is 18.6 Å². The van der Waals surface area contributed by atoms with Gasteiger partial charge in [-0.1, -0.05) is 6.07 Å². The van der Waals surface area contributed by atoms with E-state index in [1.165, 1.54) is 28.0 Å². The lowest BCUT2D eigenvalue weighted by atomic mass is 10.1. The fourth-order valence-corrected chi connectivity index (χ4v) is 2.47. The zero-order chi connectivity index (χ0) is 18.4. The van der Waals surface area contributed by atoms with E-state index >= 15 is 0 Å². The summed E-state index contributed by atoms with van der Waals surface area (Å²) in [5, 5.41) is 0. The number of ether oxygens (including phenoxy) is 1. The Morgan fingerprint density at radius 1 is 1.08 bits per heavy atom. The Balaban J connectivity index is 1.75. The standard InChI is InChI=1S/C16H18F4N2O3/c17-13-3-1-2-12(10-13)15(24)22-7-5-21(6-8-22)14(23)4-9-25-11-16(18,19)20/h1-3,10H,4-9,11H2. The molecule has 0 radical (unpaired) electrons. The van der Waals surface area contributed by atoms with Crippen molar-refractivity contribution in [3.63, 3.8) is 0 Å². The van der Waals surface area contributed by atoms with Gasteiger partial charge in [0.2, 0.25) is 5.91 Å². The zero-order valence-electron chi connectivity index (χ0n) is 13.4. The number of carbonyl (C=O) groups is 2. The summed E-state index contributed by atoms with van der Waals surface area (Å²) in [6, 6.07) is 5.36. The van der Waals surface area contributed by atoms with Gasteiger partial charge in [0.05, 0.1) is 13.0 Å². The number of amides is 2. The van der Waals surface area contributed by atoms with Gasteiger partial charge in [-0.25, -0.2) is 4.39 Å². The Morgan fingerprint density at radius 3 is 2.32 bits per heavy atom. The third-order valence-corrected chi connectivity index (χ3v) is 3.72. The van der Waals surface area contributed by atoms with Crippen molar-refractivity contribution in [1.29, 1.82) is 0 Å². The highest BCUT2D eigenvalue weighted by Gasteiger charge is 2.28. The molecule has 1 fully saturated rings. The Bertz CT molecular complexity index is 614. The second kappa shape index (κ2) is 8.28. The van der Waals surface area contributed by atoms with Crippen LogP contribution in [-0.2, 0) is 9.53 Å². The van der Waals surface area contributed by atoms with E-state index in [0.717, 1.165) is 6.07 Å². The number of hydrogen-bond donors (Lipinski definition) is 0. The van der Waals surface area contributed by atoms with Crippen LogP contribution in [0.1, 0.15) is 16.8 Å². The first kappa shape index (κ1) is 19.2. The molecule has 0 atom stereocenters. The minimum Gasteiger partial charge on any atom is -0.372 e. The van der Waals surface area contributed by atoms with Gasteiger partial charge in [0, 0.05) is 31.7 Å². The Kier molecular flexibility index (Phi) is 6.35. The highest BCUT2D eigenvalue weighted by atomic mass is 19.4. The lowest BCUT2D eigenvalue weighted by Crippen LogP contribution is -2.50. The maximum atomic E-state index is 13.2. The number of piperazine rings is 1. The molecule has 2 rings (SSSR count). The van der Waals surface area contributed by atoms with Crippen LogP contribution in [0.3, 0.4) is 0 Å². The van der Waals surface area contributed by atoms with E-state index in [-0.39, 0.29) is 56.6 Å². The van der Waals surface area contributed by atoms with E-state index in [2.05, 4.69) is 4.74 Å². The van der Waals surface area contributed by atoms with Crippen molar-refractivity contribution in [2.24, 2.45) is 0 Å². The van der Waals surface area contributed by atoms with Crippen molar-refractivity contribution in [2.75, 3.05) is 39.4 Å². The number of carbonyl (C=O) groups excluding carboxylic acids is 2. The van der Waals surface area contributed by atoms with Crippen LogP contribution in [0.4, 0.5) is 17.6 Å². The Hall–Kier alpha value is -2.16. The molecule has 0 aromatic heterocycles. The fraction of sp³-hybridized carbons (Fsp3) is 0.500. The van der Waals surface area contributed by atoms with Crippen LogP contribution in [0.25, 0.3) is 0 Å². The number of hydrogen-bond acceptors (Lipinski definition) is 3. The van der Waals surface area contributed by atoms with Gasteiger partial charge in [-0.2, -0.15) is 13.2 Å². The van der Waals surface area contributed by atoms with Gasteiger partial charge in [-0.15, -0.1) is 0 Å². The average molecular weight is 362 g/mol. The lowest BCUT2D eigenvalue weighted by molar-refractivity contribution is -0.175. The second-order valence-electron chi connectivity index (χ2n) is 5.60. The van der Waals surface area contributed by atoms with Crippen LogP contribution in [-0.4, -0.2) is 67.2 Å². The van der Waals surface area contributed by atoms with Gasteiger partial charge in [-0.3, -0.25) is 9.59 Å². The Labute approximate surface area is 142 Å². The van der Waals surface area contributed by atoms with Crippen LogP contribution in [0, 0.1) is 5.82 Å². The van der Waals surface area contributed by atoms with E-state index in [0.29, 0.717) is 0 Å². The number of rotatable bonds is 5. The van der Waals surface area contributed by atoms with Crippen LogP contribution >= 0.6 is 0 Å². The number of halogens is 4. The molecule has 5 nitrogen and oxygen atoms in total. The van der Waals surface area contributed by atoms with Crippen LogP contribution < -0.4 is 0 Å². The second-order valence-corrected chi connectivity index (χ2v) is 5.60. The minimum absolute atomic E-state index is 0.145. The minimum atomic E-state index is -4.41. The molecule has 1 saturated heterocycles. The predicted octanol–water partition coefficient (Wildman–Crippen LogP) is 2.08. The van der Waals surface area contributed by atoms with Crippen molar-refractivity contribution < 1.29 is 31.9 Å². The number of nitrogens with zero attached hydrogens (tertiary/aromatic N) is 2. The maximum absolute atomic E-state index is 13.2. The first-order chi connectivity index (χ1) is 11.8. The fourth-order valence-electron chi connectivity index (χ4n) is 2.47. The molecule has 9 heteroatoms. The van der Waals surface area contributed by atoms with Gasteiger partial charge in [-0.05, 0) is 18.2 Å². The summed E-state index contributed by atoms with van der Waals surface area (Å²) in [6.45, 7) is -0.565. The molecule has 0 saturated carbocycles. The third-order valence-electron chi connectivity index (χ3n) is 3.72. The molecular formula is C16H18F4N2O3. The number of benzene rings is 1. The summed E-state index contributed by atoms with van der Waals surface area (Å²) >= 11 is 0. The van der Waals surface area contributed by atoms with Crippen LogP contribution in [0.5, 0.6) is 0 Å². The topological polar surface area (TPSA) is 49.9 Å². The van der Waals surface area contributed by atoms with Crippen molar-refractivity contribution in [3.8, 4) is 0 Å². The Morgan fingerprint density at radius 2 is 1.72 bits per heavy atom.